The lowest BCUT2D eigenvalue weighted by molar-refractivity contribution is -0.126. The maximum Gasteiger partial charge on any atom is 0.245 e. The number of nitrogens with zero attached hydrogens (tertiary/aromatic N) is 3. The Morgan fingerprint density at radius 3 is 2.56 bits per heavy atom. The zero-order chi connectivity index (χ0) is 22.7. The number of hydrogen-bond acceptors (Lipinski definition) is 5. The molecular formula is C24H24IN5O2. The van der Waals surface area contributed by atoms with E-state index in [2.05, 4.69) is 32.9 Å². The maximum atomic E-state index is 13.4. The topological polar surface area (TPSA) is 96.4 Å². The second kappa shape index (κ2) is 9.47. The molecule has 0 aliphatic carbocycles. The van der Waals surface area contributed by atoms with Crippen molar-refractivity contribution in [2.45, 2.75) is 16.8 Å². The normalized spacial score (nSPS) is 14.7. The van der Waals surface area contributed by atoms with E-state index in [1.54, 1.807) is 36.7 Å². The monoisotopic (exact) mass is 541 g/mol. The Labute approximate surface area is 200 Å². The van der Waals surface area contributed by atoms with Crippen LogP contribution in [0, 0.1) is 0 Å². The molecule has 0 saturated carbocycles. The zero-order valence-corrected chi connectivity index (χ0v) is 19.7. The number of hydrogen-bond donors (Lipinski definition) is 3. The molecule has 0 bridgehead atoms. The average molecular weight is 541 g/mol. The molecule has 4 N–H and O–H groups in total. The van der Waals surface area contributed by atoms with Crippen molar-refractivity contribution >= 4 is 34.2 Å². The molecule has 1 aliphatic rings. The van der Waals surface area contributed by atoms with Crippen LogP contribution in [-0.2, 0) is 24.7 Å². The zero-order valence-electron chi connectivity index (χ0n) is 17.6. The van der Waals surface area contributed by atoms with E-state index < -0.39 is 0 Å². The molecular weight excluding hydrogens is 517 g/mol. The third kappa shape index (κ3) is 4.80. The van der Waals surface area contributed by atoms with Crippen LogP contribution >= 0.6 is 22.6 Å². The van der Waals surface area contributed by atoms with Crippen molar-refractivity contribution in [2.24, 2.45) is 12.8 Å². The third-order valence-corrected chi connectivity index (χ3v) is 6.28. The van der Waals surface area contributed by atoms with Gasteiger partial charge < -0.3 is 20.7 Å². The van der Waals surface area contributed by atoms with Crippen LogP contribution in [-0.4, -0.2) is 29.4 Å². The number of phenols is 1. The van der Waals surface area contributed by atoms with Gasteiger partial charge in [-0.1, -0.05) is 52.9 Å². The van der Waals surface area contributed by atoms with Gasteiger partial charge in [-0.3, -0.25) is 9.69 Å². The highest BCUT2D eigenvalue weighted by Crippen LogP contribution is 2.26. The van der Waals surface area contributed by atoms with Gasteiger partial charge in [0.05, 0.1) is 15.3 Å². The van der Waals surface area contributed by atoms with Crippen molar-refractivity contribution in [2.75, 3.05) is 0 Å². The Balaban J connectivity index is 1.66. The second-order valence-electron chi connectivity index (χ2n) is 7.58. The van der Waals surface area contributed by atoms with Gasteiger partial charge in [-0.25, -0.2) is 4.98 Å². The number of aromatic nitrogens is 2. The Morgan fingerprint density at radius 1 is 1.19 bits per heavy atom. The maximum absolute atomic E-state index is 13.4. The fraction of sp³-hybridized carbons (Fsp3) is 0.167. The standard InChI is InChI=1S/C24H24IN5O2/c1-29-12-11-27-22(29)14-19(25)24(32)30-15-21(17-7-9-18(31)10-8-17)28-20(23(30)26)13-16-5-3-2-4-6-16/h2-12,15,19,28,31H,13-14,26H2,1H3. The first-order valence-corrected chi connectivity index (χ1v) is 11.4. The predicted molar refractivity (Wildman–Crippen MR) is 132 cm³/mol. The van der Waals surface area contributed by atoms with Crippen LogP contribution in [0.5, 0.6) is 5.75 Å². The number of halogens is 1. The fourth-order valence-electron chi connectivity index (χ4n) is 3.50. The van der Waals surface area contributed by atoms with E-state index in [4.69, 9.17) is 5.73 Å². The number of phenolic OH excluding ortho intramolecular Hbond substituents is 1. The SMILES string of the molecule is Cn1ccnc1CC(I)C(=O)N1C=C(c2ccc(O)cc2)NC(Cc2ccccc2)=C1N. The fourth-order valence-corrected chi connectivity index (χ4v) is 4.19. The van der Waals surface area contributed by atoms with E-state index in [1.165, 1.54) is 4.90 Å². The van der Waals surface area contributed by atoms with E-state index >= 15 is 0 Å². The summed E-state index contributed by atoms with van der Waals surface area (Å²) in [6, 6.07) is 16.8. The molecule has 0 radical (unpaired) electrons. The summed E-state index contributed by atoms with van der Waals surface area (Å²) in [5.74, 6) is 1.28. The van der Waals surface area contributed by atoms with Crippen molar-refractivity contribution in [3.63, 3.8) is 0 Å². The Bertz CT molecular complexity index is 1170. The Morgan fingerprint density at radius 2 is 1.91 bits per heavy atom. The lowest BCUT2D eigenvalue weighted by Crippen LogP contribution is -2.42. The van der Waals surface area contributed by atoms with E-state index in [9.17, 15) is 9.90 Å². The van der Waals surface area contributed by atoms with Crippen LogP contribution < -0.4 is 11.1 Å². The van der Waals surface area contributed by atoms with Gasteiger partial charge in [-0.15, -0.1) is 0 Å². The number of imidazole rings is 1. The number of alkyl halides is 1. The summed E-state index contributed by atoms with van der Waals surface area (Å²) < 4.78 is 1.56. The molecule has 0 saturated heterocycles. The molecule has 1 amide bonds. The van der Waals surface area contributed by atoms with Gasteiger partial charge in [0.25, 0.3) is 0 Å². The van der Waals surface area contributed by atoms with Gasteiger partial charge in [0.1, 0.15) is 17.4 Å². The summed E-state index contributed by atoms with van der Waals surface area (Å²) in [6.45, 7) is 0. The minimum Gasteiger partial charge on any atom is -0.508 e. The van der Waals surface area contributed by atoms with Crippen LogP contribution in [0.15, 0.2) is 84.7 Å². The highest BCUT2D eigenvalue weighted by Gasteiger charge is 2.29. The van der Waals surface area contributed by atoms with Gasteiger partial charge >= 0.3 is 0 Å². The molecule has 4 rings (SSSR count). The van der Waals surface area contributed by atoms with Crippen molar-refractivity contribution in [3.05, 3.63) is 102 Å². The Hall–Kier alpha value is -3.27. The van der Waals surface area contributed by atoms with Gasteiger partial charge in [0.2, 0.25) is 5.91 Å². The summed E-state index contributed by atoms with van der Waals surface area (Å²) in [4.78, 5) is 19.3. The molecule has 7 nitrogen and oxygen atoms in total. The van der Waals surface area contributed by atoms with Crippen LogP contribution in [0.2, 0.25) is 0 Å². The molecule has 1 atom stereocenters. The van der Waals surface area contributed by atoms with E-state index in [-0.39, 0.29) is 15.6 Å². The summed E-state index contributed by atoms with van der Waals surface area (Å²) in [7, 11) is 1.91. The largest absolute Gasteiger partial charge is 0.508 e. The lowest BCUT2D eigenvalue weighted by Gasteiger charge is -2.31. The highest BCUT2D eigenvalue weighted by atomic mass is 127. The molecule has 0 fully saturated rings. The average Bonchev–Trinajstić information content (AvgIpc) is 3.20. The molecule has 1 aromatic heterocycles. The van der Waals surface area contributed by atoms with Crippen molar-refractivity contribution in [1.29, 1.82) is 0 Å². The number of allylic oxidation sites excluding steroid dienone is 1. The van der Waals surface area contributed by atoms with Crippen LogP contribution in [0.1, 0.15) is 17.0 Å². The van der Waals surface area contributed by atoms with Crippen LogP contribution in [0.4, 0.5) is 0 Å². The number of benzene rings is 2. The summed E-state index contributed by atoms with van der Waals surface area (Å²) >= 11 is 2.15. The van der Waals surface area contributed by atoms with E-state index in [0.29, 0.717) is 18.7 Å². The van der Waals surface area contributed by atoms with Gasteiger partial charge in [-0.2, -0.15) is 0 Å². The molecule has 32 heavy (non-hydrogen) atoms. The first kappa shape index (κ1) is 21.9. The van der Waals surface area contributed by atoms with Crippen molar-refractivity contribution in [3.8, 4) is 5.75 Å². The van der Waals surface area contributed by atoms with Crippen molar-refractivity contribution in [1.82, 2.24) is 19.8 Å². The minimum atomic E-state index is -0.347. The van der Waals surface area contributed by atoms with Gasteiger partial charge in [0, 0.05) is 38.5 Å². The van der Waals surface area contributed by atoms with E-state index in [0.717, 1.165) is 28.3 Å². The molecule has 1 unspecified atom stereocenters. The predicted octanol–water partition coefficient (Wildman–Crippen LogP) is 3.27. The van der Waals surface area contributed by atoms with Gasteiger partial charge in [0.15, 0.2) is 0 Å². The number of carbonyl (C=O) groups excluding carboxylic acids is 1. The minimum absolute atomic E-state index is 0.116. The third-order valence-electron chi connectivity index (χ3n) is 5.30. The van der Waals surface area contributed by atoms with Crippen LogP contribution in [0.3, 0.4) is 0 Å². The smallest absolute Gasteiger partial charge is 0.245 e. The Kier molecular flexibility index (Phi) is 6.50. The van der Waals surface area contributed by atoms with Crippen LogP contribution in [0.25, 0.3) is 5.70 Å². The van der Waals surface area contributed by atoms with E-state index in [1.807, 2.05) is 48.1 Å². The first-order valence-electron chi connectivity index (χ1n) is 10.2. The molecule has 1 aliphatic heterocycles. The molecule has 2 aromatic carbocycles. The molecule has 8 heteroatoms. The quantitative estimate of drug-likeness (QED) is 0.329. The summed E-state index contributed by atoms with van der Waals surface area (Å²) in [5.41, 5.74) is 9.89. The summed E-state index contributed by atoms with van der Waals surface area (Å²) in [6.07, 6.45) is 6.36. The highest BCUT2D eigenvalue weighted by molar-refractivity contribution is 14.1. The van der Waals surface area contributed by atoms with Gasteiger partial charge in [-0.05, 0) is 35.4 Å². The number of nitrogens with one attached hydrogen (secondary N) is 1. The molecule has 3 aromatic rings. The van der Waals surface area contributed by atoms with Crippen molar-refractivity contribution < 1.29 is 9.90 Å². The number of aryl methyl sites for hydroxylation is 1. The molecule has 2 heterocycles. The molecule has 164 valence electrons. The summed E-state index contributed by atoms with van der Waals surface area (Å²) in [5, 5.41) is 13.0. The number of carbonyl (C=O) groups is 1. The number of aromatic hydroxyl groups is 1. The number of amides is 1. The molecule has 0 spiro atoms. The second-order valence-corrected chi connectivity index (χ2v) is 9.08. The number of rotatable bonds is 6. The lowest BCUT2D eigenvalue weighted by atomic mass is 10.1. The number of nitrogens with two attached hydrogens (primary N) is 1. The first-order chi connectivity index (χ1) is 15.4.